The van der Waals surface area contributed by atoms with Gasteiger partial charge in [0, 0.05) is 6.08 Å². The van der Waals surface area contributed by atoms with Crippen molar-refractivity contribution < 1.29 is 4.79 Å². The van der Waals surface area contributed by atoms with Gasteiger partial charge >= 0.3 is 0 Å². The molecule has 3 heteroatoms. The average molecular weight is 300 g/mol. The molecule has 0 saturated heterocycles. The van der Waals surface area contributed by atoms with E-state index in [-0.39, 0.29) is 5.91 Å². The number of amides is 1. The Labute approximate surface area is 130 Å². The summed E-state index contributed by atoms with van der Waals surface area (Å²) < 4.78 is 0. The second-order valence-electron chi connectivity index (χ2n) is 5.17. The molecule has 2 nitrogen and oxygen atoms in total. The number of anilines is 1. The van der Waals surface area contributed by atoms with E-state index in [0.717, 1.165) is 16.7 Å². The maximum absolute atomic E-state index is 12.0. The fourth-order valence-corrected chi connectivity index (χ4v) is 2.46. The van der Waals surface area contributed by atoms with Gasteiger partial charge in [0.25, 0.3) is 0 Å². The smallest absolute Gasteiger partial charge is 0.248 e. The molecule has 0 atom stereocenters. The average Bonchev–Trinajstić information content (AvgIpc) is 2.42. The second-order valence-corrected chi connectivity index (χ2v) is 5.58. The van der Waals surface area contributed by atoms with Gasteiger partial charge in [0.2, 0.25) is 5.91 Å². The fraction of sp³-hybridized carbons (Fsp3) is 0.167. The highest BCUT2D eigenvalue weighted by atomic mass is 35.5. The zero-order valence-corrected chi connectivity index (χ0v) is 13.2. The first-order chi connectivity index (χ1) is 9.95. The van der Waals surface area contributed by atoms with Gasteiger partial charge in [-0.3, -0.25) is 4.79 Å². The van der Waals surface area contributed by atoms with Crippen LogP contribution in [0.5, 0.6) is 0 Å². The Morgan fingerprint density at radius 2 is 1.71 bits per heavy atom. The molecule has 2 aromatic carbocycles. The molecular weight excluding hydrogens is 282 g/mol. The van der Waals surface area contributed by atoms with Gasteiger partial charge in [-0.2, -0.15) is 0 Å². The van der Waals surface area contributed by atoms with Crippen LogP contribution >= 0.6 is 11.6 Å². The highest BCUT2D eigenvalue weighted by molar-refractivity contribution is 6.34. The van der Waals surface area contributed by atoms with Crippen LogP contribution in [0.2, 0.25) is 5.02 Å². The van der Waals surface area contributed by atoms with Gasteiger partial charge in [-0.25, -0.2) is 0 Å². The van der Waals surface area contributed by atoms with E-state index in [0.29, 0.717) is 10.7 Å². The standard InChI is InChI=1S/C18H18ClNO/c1-12-4-6-15(7-5-12)8-9-17(21)20-18-14(3)10-13(2)11-16(18)19/h4-11H,1-3H3,(H,20,21)/b9-8+. The van der Waals surface area contributed by atoms with E-state index in [1.54, 1.807) is 6.08 Å². The molecule has 1 N–H and O–H groups in total. The zero-order chi connectivity index (χ0) is 15.4. The zero-order valence-electron chi connectivity index (χ0n) is 12.4. The second kappa shape index (κ2) is 6.59. The minimum atomic E-state index is -0.190. The molecule has 0 aliphatic heterocycles. The lowest BCUT2D eigenvalue weighted by molar-refractivity contribution is -0.111. The van der Waals surface area contributed by atoms with Gasteiger partial charge in [0.1, 0.15) is 0 Å². The van der Waals surface area contributed by atoms with Crippen molar-refractivity contribution in [3.8, 4) is 0 Å². The van der Waals surface area contributed by atoms with E-state index in [1.165, 1.54) is 11.6 Å². The number of rotatable bonds is 3. The van der Waals surface area contributed by atoms with Gasteiger partial charge in [-0.05, 0) is 49.6 Å². The van der Waals surface area contributed by atoms with Crippen molar-refractivity contribution in [1.82, 2.24) is 0 Å². The molecule has 0 radical (unpaired) electrons. The molecule has 0 saturated carbocycles. The van der Waals surface area contributed by atoms with E-state index in [4.69, 9.17) is 11.6 Å². The van der Waals surface area contributed by atoms with Gasteiger partial charge in [0.05, 0.1) is 10.7 Å². The van der Waals surface area contributed by atoms with Crippen LogP contribution in [0.3, 0.4) is 0 Å². The summed E-state index contributed by atoms with van der Waals surface area (Å²) in [6, 6.07) is 11.8. The van der Waals surface area contributed by atoms with Gasteiger partial charge in [-0.15, -0.1) is 0 Å². The van der Waals surface area contributed by atoms with Crippen molar-refractivity contribution in [2.24, 2.45) is 0 Å². The normalized spacial score (nSPS) is 10.9. The summed E-state index contributed by atoms with van der Waals surface area (Å²) in [7, 11) is 0. The highest BCUT2D eigenvalue weighted by Gasteiger charge is 2.07. The van der Waals surface area contributed by atoms with Gasteiger partial charge < -0.3 is 5.32 Å². The highest BCUT2D eigenvalue weighted by Crippen LogP contribution is 2.27. The molecule has 108 valence electrons. The van der Waals surface area contributed by atoms with E-state index in [1.807, 2.05) is 57.2 Å². The van der Waals surface area contributed by atoms with Crippen LogP contribution < -0.4 is 5.32 Å². The van der Waals surface area contributed by atoms with Crippen LogP contribution in [-0.4, -0.2) is 5.91 Å². The molecule has 0 aliphatic rings. The minimum Gasteiger partial charge on any atom is -0.321 e. The lowest BCUT2D eigenvalue weighted by atomic mass is 10.1. The van der Waals surface area contributed by atoms with Crippen LogP contribution in [0, 0.1) is 20.8 Å². The van der Waals surface area contributed by atoms with Crippen molar-refractivity contribution in [3.05, 3.63) is 69.8 Å². The number of hydrogen-bond acceptors (Lipinski definition) is 1. The third-order valence-corrected chi connectivity index (χ3v) is 3.48. The van der Waals surface area contributed by atoms with Gasteiger partial charge in [0.15, 0.2) is 0 Å². The Hall–Kier alpha value is -2.06. The predicted octanol–water partition coefficient (Wildman–Crippen LogP) is 4.92. The maximum atomic E-state index is 12.0. The quantitative estimate of drug-likeness (QED) is 0.801. The molecule has 0 fully saturated rings. The van der Waals surface area contributed by atoms with Crippen LogP contribution in [0.15, 0.2) is 42.5 Å². The lowest BCUT2D eigenvalue weighted by Crippen LogP contribution is -2.09. The predicted molar refractivity (Wildman–Crippen MR) is 89.8 cm³/mol. The third-order valence-electron chi connectivity index (χ3n) is 3.18. The molecule has 1 amide bonds. The molecule has 0 heterocycles. The molecule has 0 spiro atoms. The Balaban J connectivity index is 2.10. The Bertz CT molecular complexity index is 664. The van der Waals surface area contributed by atoms with Crippen molar-refractivity contribution in [1.29, 1.82) is 0 Å². The monoisotopic (exact) mass is 299 g/mol. The SMILES string of the molecule is Cc1ccc(/C=C/C(=O)Nc2c(C)cc(C)cc2Cl)cc1. The summed E-state index contributed by atoms with van der Waals surface area (Å²) in [6.07, 6.45) is 3.30. The van der Waals surface area contributed by atoms with Crippen LogP contribution in [0.1, 0.15) is 22.3 Å². The fourth-order valence-electron chi connectivity index (χ4n) is 2.09. The number of nitrogens with one attached hydrogen (secondary N) is 1. The number of hydrogen-bond donors (Lipinski definition) is 1. The first-order valence-electron chi connectivity index (χ1n) is 6.78. The summed E-state index contributed by atoms with van der Waals surface area (Å²) in [6.45, 7) is 5.93. The molecule has 2 aromatic rings. The van der Waals surface area contributed by atoms with Crippen LogP contribution in [0.4, 0.5) is 5.69 Å². The van der Waals surface area contributed by atoms with Gasteiger partial charge in [-0.1, -0.05) is 47.5 Å². The Kier molecular flexibility index (Phi) is 4.81. The van der Waals surface area contributed by atoms with Crippen molar-refractivity contribution in [2.75, 3.05) is 5.32 Å². The number of carbonyl (C=O) groups excluding carboxylic acids is 1. The summed E-state index contributed by atoms with van der Waals surface area (Å²) in [5.41, 5.74) is 4.88. The number of benzene rings is 2. The molecule has 21 heavy (non-hydrogen) atoms. The van der Waals surface area contributed by atoms with E-state index in [2.05, 4.69) is 5.32 Å². The first kappa shape index (κ1) is 15.3. The maximum Gasteiger partial charge on any atom is 0.248 e. The van der Waals surface area contributed by atoms with E-state index >= 15 is 0 Å². The molecule has 0 aliphatic carbocycles. The van der Waals surface area contributed by atoms with Crippen LogP contribution in [-0.2, 0) is 4.79 Å². The van der Waals surface area contributed by atoms with Crippen LogP contribution in [0.25, 0.3) is 6.08 Å². The molecule has 0 aromatic heterocycles. The summed E-state index contributed by atoms with van der Waals surface area (Å²) in [5, 5.41) is 3.39. The summed E-state index contributed by atoms with van der Waals surface area (Å²) >= 11 is 6.17. The largest absolute Gasteiger partial charge is 0.321 e. The van der Waals surface area contributed by atoms with Crippen molar-refractivity contribution in [3.63, 3.8) is 0 Å². The number of aryl methyl sites for hydroxylation is 3. The molecular formula is C18H18ClNO. The molecule has 0 bridgehead atoms. The van der Waals surface area contributed by atoms with Crippen molar-refractivity contribution in [2.45, 2.75) is 20.8 Å². The number of halogens is 1. The topological polar surface area (TPSA) is 29.1 Å². The third kappa shape index (κ3) is 4.20. The van der Waals surface area contributed by atoms with E-state index < -0.39 is 0 Å². The lowest BCUT2D eigenvalue weighted by Gasteiger charge is -2.10. The number of carbonyl (C=O) groups is 1. The molecule has 2 rings (SSSR count). The Morgan fingerprint density at radius 3 is 2.33 bits per heavy atom. The Morgan fingerprint density at radius 1 is 1.05 bits per heavy atom. The van der Waals surface area contributed by atoms with E-state index in [9.17, 15) is 4.79 Å². The first-order valence-corrected chi connectivity index (χ1v) is 7.16. The summed E-state index contributed by atoms with van der Waals surface area (Å²) in [5.74, 6) is -0.190. The molecule has 0 unspecified atom stereocenters. The van der Waals surface area contributed by atoms with Crippen molar-refractivity contribution >= 4 is 29.3 Å². The summed E-state index contributed by atoms with van der Waals surface area (Å²) in [4.78, 5) is 12.0. The minimum absolute atomic E-state index is 0.190.